The van der Waals surface area contributed by atoms with E-state index in [1.807, 2.05) is 62.4 Å². The molecule has 23 heavy (non-hydrogen) atoms. The maximum atomic E-state index is 12.4. The molecule has 0 aliphatic carbocycles. The lowest BCUT2D eigenvalue weighted by molar-refractivity contribution is 0.0466. The van der Waals surface area contributed by atoms with Gasteiger partial charge in [0.05, 0.1) is 22.8 Å². The summed E-state index contributed by atoms with van der Waals surface area (Å²) in [6.07, 6.45) is 1.67. The van der Waals surface area contributed by atoms with Gasteiger partial charge in [-0.3, -0.25) is 4.98 Å². The van der Waals surface area contributed by atoms with Gasteiger partial charge in [0.15, 0.2) is 0 Å². The van der Waals surface area contributed by atoms with Crippen LogP contribution in [0.5, 0.6) is 0 Å². The number of carbonyl (C=O) groups excluding carboxylic acids is 1. The topological polar surface area (TPSA) is 57.0 Å². The van der Waals surface area contributed by atoms with Gasteiger partial charge >= 0.3 is 5.97 Å². The summed E-state index contributed by atoms with van der Waals surface area (Å²) in [6, 6.07) is 15.2. The monoisotopic (exact) mass is 307 g/mol. The number of hydrogen-bond acceptors (Lipinski definition) is 4. The van der Waals surface area contributed by atoms with E-state index >= 15 is 0 Å². The van der Waals surface area contributed by atoms with Gasteiger partial charge in [0.2, 0.25) is 0 Å². The standard InChI is InChI=1S/C18H17N3O2/c1-13-17(18(22)23-12-15-8-6-7-11-19-15)14(2)21(20-13)16-9-4-3-5-10-16/h3-11H,12H2,1-2H3. The molecule has 116 valence electrons. The minimum atomic E-state index is -0.382. The number of nitrogens with zero attached hydrogens (tertiary/aromatic N) is 3. The second-order valence-corrected chi connectivity index (χ2v) is 5.19. The van der Waals surface area contributed by atoms with E-state index in [1.54, 1.807) is 10.9 Å². The van der Waals surface area contributed by atoms with Crippen molar-refractivity contribution in [2.75, 3.05) is 0 Å². The van der Waals surface area contributed by atoms with Crippen molar-refractivity contribution in [2.24, 2.45) is 0 Å². The molecule has 0 aliphatic rings. The predicted molar refractivity (Wildman–Crippen MR) is 86.4 cm³/mol. The van der Waals surface area contributed by atoms with Gasteiger partial charge in [-0.1, -0.05) is 24.3 Å². The lowest BCUT2D eigenvalue weighted by Gasteiger charge is -2.06. The highest BCUT2D eigenvalue weighted by atomic mass is 16.5. The van der Waals surface area contributed by atoms with Gasteiger partial charge in [-0.2, -0.15) is 5.10 Å². The molecule has 0 saturated carbocycles. The van der Waals surface area contributed by atoms with Crippen LogP contribution in [0.1, 0.15) is 27.4 Å². The SMILES string of the molecule is Cc1nn(-c2ccccc2)c(C)c1C(=O)OCc1ccccn1. The molecule has 0 saturated heterocycles. The Balaban J connectivity index is 1.83. The Hall–Kier alpha value is -2.95. The quantitative estimate of drug-likeness (QED) is 0.694. The highest BCUT2D eigenvalue weighted by molar-refractivity contribution is 5.92. The molecule has 5 nitrogen and oxygen atoms in total. The van der Waals surface area contributed by atoms with Crippen molar-refractivity contribution in [1.82, 2.24) is 14.8 Å². The minimum Gasteiger partial charge on any atom is -0.455 e. The zero-order valence-corrected chi connectivity index (χ0v) is 13.1. The van der Waals surface area contributed by atoms with E-state index in [1.165, 1.54) is 0 Å². The number of esters is 1. The summed E-state index contributed by atoms with van der Waals surface area (Å²) in [5.74, 6) is -0.382. The van der Waals surface area contributed by atoms with Crippen LogP contribution in [0.3, 0.4) is 0 Å². The highest BCUT2D eigenvalue weighted by Crippen LogP contribution is 2.19. The number of aryl methyl sites for hydroxylation is 1. The molecule has 1 aromatic carbocycles. The first kappa shape index (κ1) is 15.0. The Morgan fingerprint density at radius 2 is 1.83 bits per heavy atom. The largest absolute Gasteiger partial charge is 0.455 e. The molecule has 3 aromatic rings. The van der Waals surface area contributed by atoms with E-state index in [0.29, 0.717) is 17.0 Å². The molecule has 2 heterocycles. The summed E-state index contributed by atoms with van der Waals surface area (Å²) in [6.45, 7) is 3.82. The number of rotatable bonds is 4. The Kier molecular flexibility index (Phi) is 4.19. The predicted octanol–water partition coefficient (Wildman–Crippen LogP) is 3.24. The molecule has 0 bridgehead atoms. The van der Waals surface area contributed by atoms with E-state index < -0.39 is 0 Å². The van der Waals surface area contributed by atoms with E-state index in [0.717, 1.165) is 11.4 Å². The van der Waals surface area contributed by atoms with Gasteiger partial charge in [0.25, 0.3) is 0 Å². The van der Waals surface area contributed by atoms with Crippen LogP contribution in [0.15, 0.2) is 54.7 Å². The van der Waals surface area contributed by atoms with Gasteiger partial charge < -0.3 is 4.74 Å². The van der Waals surface area contributed by atoms with Crippen LogP contribution >= 0.6 is 0 Å². The smallest absolute Gasteiger partial charge is 0.342 e. The molecule has 0 radical (unpaired) electrons. The zero-order chi connectivity index (χ0) is 16.2. The van der Waals surface area contributed by atoms with E-state index in [9.17, 15) is 4.79 Å². The van der Waals surface area contributed by atoms with Crippen molar-refractivity contribution >= 4 is 5.97 Å². The summed E-state index contributed by atoms with van der Waals surface area (Å²) in [5, 5.41) is 4.46. The first-order chi connectivity index (χ1) is 11.2. The van der Waals surface area contributed by atoms with E-state index in [2.05, 4.69) is 10.1 Å². The lowest BCUT2D eigenvalue weighted by atomic mass is 10.2. The molecule has 0 spiro atoms. The summed E-state index contributed by atoms with van der Waals surface area (Å²) >= 11 is 0. The number of para-hydroxylation sites is 1. The summed E-state index contributed by atoms with van der Waals surface area (Å²) in [5.41, 5.74) is 3.55. The van der Waals surface area contributed by atoms with Crippen molar-refractivity contribution in [3.63, 3.8) is 0 Å². The van der Waals surface area contributed by atoms with Crippen LogP contribution in [0.2, 0.25) is 0 Å². The molecule has 2 aromatic heterocycles. The molecule has 3 rings (SSSR count). The molecule has 0 unspecified atom stereocenters. The lowest BCUT2D eigenvalue weighted by Crippen LogP contribution is -2.09. The average molecular weight is 307 g/mol. The third kappa shape index (κ3) is 3.13. The molecular weight excluding hydrogens is 290 g/mol. The van der Waals surface area contributed by atoms with Crippen molar-refractivity contribution in [1.29, 1.82) is 0 Å². The number of benzene rings is 1. The highest BCUT2D eigenvalue weighted by Gasteiger charge is 2.20. The number of aromatic nitrogens is 3. The third-order valence-corrected chi connectivity index (χ3v) is 3.57. The first-order valence-corrected chi connectivity index (χ1v) is 7.35. The van der Waals surface area contributed by atoms with Gasteiger partial charge in [-0.15, -0.1) is 0 Å². The number of carbonyl (C=O) groups is 1. The average Bonchev–Trinajstić information content (AvgIpc) is 2.89. The first-order valence-electron chi connectivity index (χ1n) is 7.35. The third-order valence-electron chi connectivity index (χ3n) is 3.57. The number of ether oxygens (including phenoxy) is 1. The van der Waals surface area contributed by atoms with Crippen LogP contribution in [0, 0.1) is 13.8 Å². The van der Waals surface area contributed by atoms with Crippen LogP contribution in [-0.4, -0.2) is 20.7 Å². The van der Waals surface area contributed by atoms with Gasteiger partial charge in [0, 0.05) is 6.20 Å². The molecule has 5 heteroatoms. The van der Waals surface area contributed by atoms with Crippen LogP contribution in [-0.2, 0) is 11.3 Å². The summed E-state index contributed by atoms with van der Waals surface area (Å²) in [4.78, 5) is 16.5. The molecular formula is C18H17N3O2. The Morgan fingerprint density at radius 1 is 1.09 bits per heavy atom. The van der Waals surface area contributed by atoms with Crippen molar-refractivity contribution in [3.8, 4) is 5.69 Å². The Bertz CT molecular complexity index is 811. The fourth-order valence-corrected chi connectivity index (χ4v) is 2.45. The van der Waals surface area contributed by atoms with Gasteiger partial charge in [0.1, 0.15) is 12.2 Å². The zero-order valence-electron chi connectivity index (χ0n) is 13.1. The second-order valence-electron chi connectivity index (χ2n) is 5.19. The van der Waals surface area contributed by atoms with Crippen molar-refractivity contribution in [3.05, 3.63) is 77.4 Å². The van der Waals surface area contributed by atoms with E-state index in [-0.39, 0.29) is 12.6 Å². The molecule has 0 N–H and O–H groups in total. The maximum absolute atomic E-state index is 12.4. The fraction of sp³-hybridized carbons (Fsp3) is 0.167. The summed E-state index contributed by atoms with van der Waals surface area (Å²) in [7, 11) is 0. The fourth-order valence-electron chi connectivity index (χ4n) is 2.45. The van der Waals surface area contributed by atoms with Crippen LogP contribution < -0.4 is 0 Å². The summed E-state index contributed by atoms with van der Waals surface area (Å²) < 4.78 is 7.13. The molecule has 0 aliphatic heterocycles. The van der Waals surface area contributed by atoms with Crippen molar-refractivity contribution < 1.29 is 9.53 Å². The maximum Gasteiger partial charge on any atom is 0.342 e. The number of pyridine rings is 1. The molecule has 0 amide bonds. The van der Waals surface area contributed by atoms with Gasteiger partial charge in [-0.25, -0.2) is 9.48 Å². The van der Waals surface area contributed by atoms with Gasteiger partial charge in [-0.05, 0) is 38.1 Å². The molecule has 0 fully saturated rings. The second kappa shape index (κ2) is 6.44. The normalized spacial score (nSPS) is 10.5. The number of hydrogen-bond donors (Lipinski definition) is 0. The van der Waals surface area contributed by atoms with E-state index in [4.69, 9.17) is 4.74 Å². The van der Waals surface area contributed by atoms with Crippen LogP contribution in [0.25, 0.3) is 5.69 Å². The Morgan fingerprint density at radius 3 is 2.52 bits per heavy atom. The Labute approximate surface area is 134 Å². The van der Waals surface area contributed by atoms with Crippen molar-refractivity contribution in [2.45, 2.75) is 20.5 Å². The van der Waals surface area contributed by atoms with Crippen LogP contribution in [0.4, 0.5) is 0 Å². The minimum absolute atomic E-state index is 0.148. The molecule has 0 atom stereocenters.